The molecule has 0 aliphatic carbocycles. The smallest absolute Gasteiger partial charge is 0.261 e. The molecule has 2 atom stereocenters. The summed E-state index contributed by atoms with van der Waals surface area (Å²) in [7, 11) is -2.70. The van der Waals surface area contributed by atoms with Gasteiger partial charge in [-0.1, -0.05) is 81.4 Å². The van der Waals surface area contributed by atoms with Gasteiger partial charge in [-0.3, -0.25) is 4.79 Å². The van der Waals surface area contributed by atoms with Crippen LogP contribution >= 0.6 is 0 Å². The highest BCUT2D eigenvalue weighted by Crippen LogP contribution is 2.38. The van der Waals surface area contributed by atoms with Crippen LogP contribution in [0.1, 0.15) is 33.6 Å². The molecule has 140 valence electrons. The van der Waals surface area contributed by atoms with Gasteiger partial charge in [0.2, 0.25) is 5.91 Å². The third-order valence-electron chi connectivity index (χ3n) is 5.16. The minimum atomic E-state index is -2.70. The minimum Gasteiger partial charge on any atom is -0.404 e. The number of hydrogen-bond acceptors (Lipinski definition) is 3. The molecule has 2 aromatic carbocycles. The van der Waals surface area contributed by atoms with Crippen molar-refractivity contribution in [2.24, 2.45) is 0 Å². The molecular weight excluding hydrogens is 352 g/mol. The van der Waals surface area contributed by atoms with Crippen LogP contribution in [0, 0.1) is 11.3 Å². The number of carbonyl (C=O) groups excluding carboxylic acids is 1. The van der Waals surface area contributed by atoms with Crippen molar-refractivity contribution in [2.45, 2.75) is 50.8 Å². The Balaban J connectivity index is 2.12. The molecule has 1 saturated heterocycles. The van der Waals surface area contributed by atoms with Gasteiger partial charge in [0.25, 0.3) is 8.32 Å². The summed E-state index contributed by atoms with van der Waals surface area (Å²) in [5.41, 5.74) is 0. The van der Waals surface area contributed by atoms with Crippen molar-refractivity contribution in [3.8, 4) is 6.07 Å². The summed E-state index contributed by atoms with van der Waals surface area (Å²) < 4.78 is 6.95. The molecule has 1 amide bonds. The fourth-order valence-electron chi connectivity index (χ4n) is 3.98. The van der Waals surface area contributed by atoms with Gasteiger partial charge in [-0.2, -0.15) is 5.26 Å². The molecule has 0 radical (unpaired) electrons. The summed E-state index contributed by atoms with van der Waals surface area (Å²) in [6.07, 6.45) is 0.546. The number of rotatable bonds is 4. The Bertz CT molecular complexity index is 785. The van der Waals surface area contributed by atoms with E-state index in [0.29, 0.717) is 12.8 Å². The topological polar surface area (TPSA) is 62.1 Å². The molecule has 2 aromatic rings. The highest BCUT2D eigenvalue weighted by atomic mass is 28.4. The maximum Gasteiger partial charge on any atom is 0.261 e. The molecule has 5 heteroatoms. The second-order valence-corrected chi connectivity index (χ2v) is 12.3. The Morgan fingerprint density at radius 2 is 1.56 bits per heavy atom. The van der Waals surface area contributed by atoms with Gasteiger partial charge in [-0.05, 0) is 15.4 Å². The van der Waals surface area contributed by atoms with Crippen LogP contribution in [0.3, 0.4) is 0 Å². The van der Waals surface area contributed by atoms with Gasteiger partial charge in [0, 0.05) is 6.42 Å². The summed E-state index contributed by atoms with van der Waals surface area (Å²) in [6, 6.07) is 22.4. The second-order valence-electron chi connectivity index (χ2n) is 8.09. The SMILES string of the molecule is CC(C)(C)[Si](O[C@@H]1CC(=O)N[C@@H](C#N)C1)(c1ccccc1)c1ccccc1. The molecule has 0 saturated carbocycles. The normalized spacial score (nSPS) is 20.6. The average molecular weight is 379 g/mol. The second kappa shape index (κ2) is 7.67. The van der Waals surface area contributed by atoms with Crippen molar-refractivity contribution in [3.05, 3.63) is 60.7 Å². The van der Waals surface area contributed by atoms with Crippen LogP contribution in [0.4, 0.5) is 0 Å². The van der Waals surface area contributed by atoms with Crippen molar-refractivity contribution >= 4 is 24.6 Å². The Kier molecular flexibility index (Phi) is 5.50. The van der Waals surface area contributed by atoms with Gasteiger partial charge in [-0.25, -0.2) is 0 Å². The molecule has 0 bridgehead atoms. The Labute approximate surface area is 162 Å². The van der Waals surface area contributed by atoms with Gasteiger partial charge in [0.15, 0.2) is 0 Å². The number of hydrogen-bond donors (Lipinski definition) is 1. The van der Waals surface area contributed by atoms with Crippen LogP contribution in [-0.4, -0.2) is 26.4 Å². The first kappa shape index (κ1) is 19.3. The third-order valence-corrected chi connectivity index (χ3v) is 10.3. The molecule has 1 aliphatic rings. The molecule has 1 fully saturated rings. The molecule has 3 rings (SSSR count). The quantitative estimate of drug-likeness (QED) is 0.832. The maximum atomic E-state index is 12.1. The van der Waals surface area contributed by atoms with Crippen LogP contribution < -0.4 is 15.7 Å². The van der Waals surface area contributed by atoms with Crippen LogP contribution in [0.25, 0.3) is 0 Å². The number of carbonyl (C=O) groups is 1. The summed E-state index contributed by atoms with van der Waals surface area (Å²) in [6.45, 7) is 6.64. The molecule has 0 aromatic heterocycles. The van der Waals surface area contributed by atoms with Crippen LogP contribution in [-0.2, 0) is 9.22 Å². The standard InChI is InChI=1S/C22H26N2O2Si/c1-22(2,3)27(19-10-6-4-7-11-19,20-12-8-5-9-13-20)26-18-14-17(16-23)24-21(25)15-18/h4-13,17-18H,14-15H2,1-3H3,(H,24,25)/t17-,18+/m1/s1. The minimum absolute atomic E-state index is 0.115. The third kappa shape index (κ3) is 3.82. The summed E-state index contributed by atoms with van der Waals surface area (Å²) in [4.78, 5) is 12.1. The van der Waals surface area contributed by atoms with Gasteiger partial charge in [0.05, 0.1) is 18.6 Å². The highest BCUT2D eigenvalue weighted by molar-refractivity contribution is 6.99. The number of piperidine rings is 1. The zero-order valence-corrected chi connectivity index (χ0v) is 17.1. The predicted molar refractivity (Wildman–Crippen MR) is 109 cm³/mol. The average Bonchev–Trinajstić information content (AvgIpc) is 2.66. The van der Waals surface area contributed by atoms with E-state index >= 15 is 0 Å². The Hall–Kier alpha value is -2.42. The molecule has 1 heterocycles. The van der Waals surface area contributed by atoms with Crippen molar-refractivity contribution in [1.82, 2.24) is 5.32 Å². The van der Waals surface area contributed by atoms with Gasteiger partial charge in [0.1, 0.15) is 6.04 Å². The van der Waals surface area contributed by atoms with E-state index in [1.807, 2.05) is 36.4 Å². The lowest BCUT2D eigenvalue weighted by Gasteiger charge is -2.46. The summed E-state index contributed by atoms with van der Waals surface area (Å²) in [5, 5.41) is 14.3. The fraction of sp³-hybridized carbons (Fsp3) is 0.364. The Morgan fingerprint density at radius 1 is 1.04 bits per heavy atom. The fourth-order valence-corrected chi connectivity index (χ4v) is 8.68. The lowest BCUT2D eigenvalue weighted by Crippen LogP contribution is -2.68. The molecule has 27 heavy (non-hydrogen) atoms. The maximum absolute atomic E-state index is 12.1. The molecule has 1 aliphatic heterocycles. The van der Waals surface area contributed by atoms with Gasteiger partial charge < -0.3 is 9.74 Å². The largest absolute Gasteiger partial charge is 0.404 e. The summed E-state index contributed by atoms with van der Waals surface area (Å²) in [5.74, 6) is -0.115. The first-order valence-corrected chi connectivity index (χ1v) is 11.3. The van der Waals surface area contributed by atoms with Gasteiger partial charge >= 0.3 is 0 Å². The molecular formula is C22H26N2O2Si. The van der Waals surface area contributed by atoms with Crippen molar-refractivity contribution < 1.29 is 9.22 Å². The van der Waals surface area contributed by atoms with E-state index in [0.717, 1.165) is 0 Å². The molecule has 0 spiro atoms. The lowest BCUT2D eigenvalue weighted by molar-refractivity contribution is -0.125. The van der Waals surface area contributed by atoms with Gasteiger partial charge in [-0.15, -0.1) is 0 Å². The predicted octanol–water partition coefficient (Wildman–Crippen LogP) is 2.73. The monoisotopic (exact) mass is 378 g/mol. The van der Waals surface area contributed by atoms with E-state index < -0.39 is 14.4 Å². The van der Waals surface area contributed by atoms with Crippen LogP contribution in [0.5, 0.6) is 0 Å². The molecule has 0 unspecified atom stereocenters. The zero-order chi connectivity index (χ0) is 19.5. The van der Waals surface area contributed by atoms with Crippen LogP contribution in [0.15, 0.2) is 60.7 Å². The number of benzene rings is 2. The van der Waals surface area contributed by atoms with E-state index in [9.17, 15) is 10.1 Å². The number of nitriles is 1. The highest BCUT2D eigenvalue weighted by Gasteiger charge is 2.52. The molecule has 1 N–H and O–H groups in total. The van der Waals surface area contributed by atoms with Crippen molar-refractivity contribution in [2.75, 3.05) is 0 Å². The van der Waals surface area contributed by atoms with E-state index in [2.05, 4.69) is 56.4 Å². The van der Waals surface area contributed by atoms with E-state index in [-0.39, 0.29) is 17.0 Å². The first-order chi connectivity index (χ1) is 12.9. The van der Waals surface area contributed by atoms with E-state index in [1.165, 1.54) is 10.4 Å². The van der Waals surface area contributed by atoms with Crippen LogP contribution in [0.2, 0.25) is 5.04 Å². The van der Waals surface area contributed by atoms with Crippen molar-refractivity contribution in [3.63, 3.8) is 0 Å². The van der Waals surface area contributed by atoms with Crippen molar-refractivity contribution in [1.29, 1.82) is 5.26 Å². The Morgan fingerprint density at radius 3 is 2.00 bits per heavy atom. The number of nitrogens with one attached hydrogen (secondary N) is 1. The van der Waals surface area contributed by atoms with E-state index in [1.54, 1.807) is 0 Å². The van der Waals surface area contributed by atoms with E-state index in [4.69, 9.17) is 4.43 Å². The number of nitrogens with zero attached hydrogens (tertiary/aromatic N) is 1. The summed E-state index contributed by atoms with van der Waals surface area (Å²) >= 11 is 0. The first-order valence-electron chi connectivity index (χ1n) is 9.34. The molecule has 4 nitrogen and oxygen atoms in total. The number of amides is 1. The lowest BCUT2D eigenvalue weighted by atomic mass is 10.0. The zero-order valence-electron chi connectivity index (χ0n) is 16.1.